The fourth-order valence-corrected chi connectivity index (χ4v) is 9.23. The Labute approximate surface area is 367 Å². The van der Waals surface area contributed by atoms with Crippen LogP contribution in [0.15, 0.2) is 52.7 Å². The van der Waals surface area contributed by atoms with Gasteiger partial charge < -0.3 is 53.7 Å². The van der Waals surface area contributed by atoms with Crippen molar-refractivity contribution in [2.24, 2.45) is 33.9 Å². The molecule has 4 N–H and O–H groups in total. The number of likely N-dealkylation sites (N-methyl/N-ethyl adjacent to an activating group) is 1. The Morgan fingerprint density at radius 1 is 1.03 bits per heavy atom. The van der Waals surface area contributed by atoms with Crippen LogP contribution in [-0.2, 0) is 34.9 Å². The summed E-state index contributed by atoms with van der Waals surface area (Å²) in [7, 11) is 6.87. The first-order chi connectivity index (χ1) is 29.1. The lowest BCUT2D eigenvalue weighted by atomic mass is 9.73. The number of carbonyl (C=O) groups excluding carboxylic acids is 1. The maximum Gasteiger partial charge on any atom is 0.311 e. The van der Waals surface area contributed by atoms with Crippen LogP contribution in [0, 0.1) is 36.4 Å². The number of halogens is 1. The first-order valence-corrected chi connectivity index (χ1v) is 21.7. The predicted octanol–water partition coefficient (Wildman–Crippen LogP) is 5.46. The standard InChI is InChI=1S/C47H72FN3O11/c1-14-37-47(9,56)42(54)29(5)39(50-49-25-32-15-17-35(57-12)18-16-32)27(3)24-46(8,58-13)43(62-45-40(53)36(51(10)11)21-28(4)59-45)30(6)41(31(7)44(55)60-37)61-38(52)23-33-19-26(2)20-34(48)22-33/h15-20,22,25,27-31,36-38,40-43,45,52-54,56H,14,21,23-24H2,1-13H3. The maximum atomic E-state index is 14.5. The number of hydrogen-bond acceptors (Lipinski definition) is 14. The molecule has 0 radical (unpaired) electrons. The summed E-state index contributed by atoms with van der Waals surface area (Å²) in [6.45, 7) is 15.7. The second-order valence-corrected chi connectivity index (χ2v) is 18.1. The normalized spacial score (nSPS) is 36.7. The predicted molar refractivity (Wildman–Crippen MR) is 235 cm³/mol. The van der Waals surface area contributed by atoms with Crippen LogP contribution in [0.2, 0.25) is 0 Å². The Balaban J connectivity index is 1.90. The Hall–Kier alpha value is -3.38. The molecule has 2 aliphatic rings. The third kappa shape index (κ3) is 12.4. The third-order valence-electron chi connectivity index (χ3n) is 12.8. The van der Waals surface area contributed by atoms with E-state index in [2.05, 4.69) is 10.2 Å². The van der Waals surface area contributed by atoms with Crippen molar-refractivity contribution >= 4 is 17.9 Å². The molecular weight excluding hydrogens is 802 g/mol. The number of aliphatic hydroxyl groups excluding tert-OH is 3. The van der Waals surface area contributed by atoms with Gasteiger partial charge in [-0.05, 0) is 127 Å². The maximum absolute atomic E-state index is 14.5. The summed E-state index contributed by atoms with van der Waals surface area (Å²) in [4.78, 5) is 16.3. The van der Waals surface area contributed by atoms with Gasteiger partial charge in [0.25, 0.3) is 0 Å². The zero-order valence-electron chi connectivity index (χ0n) is 38.8. The second kappa shape index (κ2) is 22.0. The van der Waals surface area contributed by atoms with Crippen molar-refractivity contribution in [3.8, 4) is 5.75 Å². The zero-order valence-corrected chi connectivity index (χ0v) is 38.8. The molecule has 0 aliphatic carbocycles. The molecule has 2 fully saturated rings. The van der Waals surface area contributed by atoms with Gasteiger partial charge in [0.2, 0.25) is 0 Å². The number of benzene rings is 2. The lowest BCUT2D eigenvalue weighted by Gasteiger charge is -2.49. The van der Waals surface area contributed by atoms with E-state index < -0.39 is 89.8 Å². The smallest absolute Gasteiger partial charge is 0.311 e. The van der Waals surface area contributed by atoms with Crippen molar-refractivity contribution in [1.29, 1.82) is 0 Å². The van der Waals surface area contributed by atoms with Crippen molar-refractivity contribution in [3.63, 3.8) is 0 Å². The Morgan fingerprint density at radius 3 is 2.27 bits per heavy atom. The lowest BCUT2D eigenvalue weighted by molar-refractivity contribution is -0.305. The first kappa shape index (κ1) is 51.3. The molecule has 2 aromatic carbocycles. The van der Waals surface area contributed by atoms with Gasteiger partial charge >= 0.3 is 5.97 Å². The van der Waals surface area contributed by atoms with Crippen LogP contribution in [0.5, 0.6) is 5.75 Å². The first-order valence-electron chi connectivity index (χ1n) is 21.7. The number of rotatable bonds is 12. The monoisotopic (exact) mass is 874 g/mol. The van der Waals surface area contributed by atoms with Gasteiger partial charge in [-0.1, -0.05) is 33.8 Å². The summed E-state index contributed by atoms with van der Waals surface area (Å²) in [6.07, 6.45) is -6.52. The fraction of sp³-hybridized carbons (Fsp3) is 0.681. The molecule has 15 atom stereocenters. The van der Waals surface area contributed by atoms with Gasteiger partial charge in [-0.25, -0.2) is 4.39 Å². The lowest BCUT2D eigenvalue weighted by Crippen LogP contribution is -2.60. The van der Waals surface area contributed by atoms with E-state index in [0.717, 1.165) is 5.56 Å². The van der Waals surface area contributed by atoms with Gasteiger partial charge in [-0.2, -0.15) is 10.2 Å². The van der Waals surface area contributed by atoms with E-state index in [1.807, 2.05) is 58.8 Å². The number of cyclic esters (lactones) is 1. The summed E-state index contributed by atoms with van der Waals surface area (Å²) >= 11 is 0. The SMILES string of the molecule is CCC1OC(=O)C(C)C(OC(O)Cc2cc(C)cc(F)c2)C(C)C(OC2OC(C)CC(N(C)C)C2O)C(C)(OC)CC(C)C(=NN=Cc2ccc(OC)cc2)C(C)C(O)C1(C)O. The molecule has 0 spiro atoms. The van der Waals surface area contributed by atoms with E-state index >= 15 is 0 Å². The molecule has 15 heteroatoms. The minimum Gasteiger partial charge on any atom is -0.497 e. The summed E-state index contributed by atoms with van der Waals surface area (Å²) in [5.41, 5.74) is -0.917. The molecule has 4 rings (SSSR count). The van der Waals surface area contributed by atoms with Gasteiger partial charge in [0.15, 0.2) is 12.6 Å². The highest BCUT2D eigenvalue weighted by atomic mass is 19.1. The van der Waals surface area contributed by atoms with E-state index in [0.29, 0.717) is 29.0 Å². The quantitative estimate of drug-likeness (QED) is 0.0917. The van der Waals surface area contributed by atoms with Crippen molar-refractivity contribution in [3.05, 3.63) is 65.0 Å². The van der Waals surface area contributed by atoms with E-state index in [9.17, 15) is 29.6 Å². The van der Waals surface area contributed by atoms with Gasteiger partial charge in [0.1, 0.15) is 29.4 Å². The number of nitrogens with zero attached hydrogens (tertiary/aromatic N) is 3. The van der Waals surface area contributed by atoms with Crippen LogP contribution in [0.3, 0.4) is 0 Å². The summed E-state index contributed by atoms with van der Waals surface area (Å²) < 4.78 is 51.9. The average Bonchev–Trinajstić information content (AvgIpc) is 3.21. The highest BCUT2D eigenvalue weighted by Gasteiger charge is 2.52. The van der Waals surface area contributed by atoms with Gasteiger partial charge in [0, 0.05) is 37.1 Å². The molecular formula is C47H72FN3O11. The molecule has 0 aromatic heterocycles. The summed E-state index contributed by atoms with van der Waals surface area (Å²) in [5.74, 6) is -3.77. The fourth-order valence-electron chi connectivity index (χ4n) is 9.23. The highest BCUT2D eigenvalue weighted by molar-refractivity contribution is 5.90. The summed E-state index contributed by atoms with van der Waals surface area (Å²) in [6, 6.07) is 11.4. The number of aryl methyl sites for hydroxylation is 1. The number of aliphatic hydroxyl groups is 4. The molecule has 15 unspecified atom stereocenters. The number of carbonyl (C=O) groups is 1. The van der Waals surface area contributed by atoms with Crippen molar-refractivity contribution in [2.45, 2.75) is 154 Å². The molecule has 14 nitrogen and oxygen atoms in total. The van der Waals surface area contributed by atoms with E-state index in [-0.39, 0.29) is 31.4 Å². The minimum atomic E-state index is -1.96. The molecule has 2 aromatic rings. The number of hydrogen-bond donors (Lipinski definition) is 4. The molecule has 0 amide bonds. The van der Waals surface area contributed by atoms with E-state index in [4.69, 9.17) is 28.4 Å². The number of esters is 1. The van der Waals surface area contributed by atoms with Crippen LogP contribution in [0.25, 0.3) is 0 Å². The van der Waals surface area contributed by atoms with Crippen LogP contribution >= 0.6 is 0 Å². The van der Waals surface area contributed by atoms with Crippen LogP contribution in [-0.4, -0.2) is 138 Å². The average molecular weight is 874 g/mol. The molecule has 2 aliphatic heterocycles. The molecule has 0 bridgehead atoms. The zero-order chi connectivity index (χ0) is 46.3. The molecule has 348 valence electrons. The Morgan fingerprint density at radius 2 is 1.69 bits per heavy atom. The largest absolute Gasteiger partial charge is 0.497 e. The molecule has 0 saturated carbocycles. The Bertz CT molecular complexity index is 1790. The van der Waals surface area contributed by atoms with Gasteiger partial charge in [0.05, 0.1) is 49.3 Å². The number of methoxy groups -OCH3 is 2. The summed E-state index contributed by atoms with van der Waals surface area (Å²) in [5, 5.41) is 56.5. The topological polar surface area (TPSA) is 181 Å². The molecule has 62 heavy (non-hydrogen) atoms. The highest BCUT2D eigenvalue weighted by Crippen LogP contribution is 2.40. The molecule has 2 heterocycles. The van der Waals surface area contributed by atoms with Gasteiger partial charge in [-0.15, -0.1) is 0 Å². The second-order valence-electron chi connectivity index (χ2n) is 18.1. The molecule has 2 saturated heterocycles. The van der Waals surface area contributed by atoms with Crippen LogP contribution < -0.4 is 4.74 Å². The van der Waals surface area contributed by atoms with Crippen LogP contribution in [0.1, 0.15) is 91.3 Å². The van der Waals surface area contributed by atoms with Crippen molar-refractivity contribution < 1.29 is 58.0 Å². The minimum absolute atomic E-state index is 0.104. The Kier molecular flexibility index (Phi) is 18.2. The van der Waals surface area contributed by atoms with Crippen LogP contribution in [0.4, 0.5) is 4.39 Å². The van der Waals surface area contributed by atoms with Crippen molar-refractivity contribution in [2.75, 3.05) is 28.3 Å². The number of ether oxygens (including phenoxy) is 6. The third-order valence-corrected chi connectivity index (χ3v) is 12.8. The van der Waals surface area contributed by atoms with E-state index in [1.54, 1.807) is 59.2 Å². The van der Waals surface area contributed by atoms with E-state index in [1.165, 1.54) is 26.2 Å². The van der Waals surface area contributed by atoms with Crippen molar-refractivity contribution in [1.82, 2.24) is 4.90 Å². The van der Waals surface area contributed by atoms with Gasteiger partial charge in [-0.3, -0.25) is 4.79 Å².